The van der Waals surface area contributed by atoms with Crippen molar-refractivity contribution in [3.8, 4) is 0 Å². The molecule has 3 rings (SSSR count). The number of benzene rings is 1. The van der Waals surface area contributed by atoms with E-state index in [0.29, 0.717) is 0 Å². The molecule has 1 saturated heterocycles. The van der Waals surface area contributed by atoms with E-state index in [1.165, 1.54) is 0 Å². The third-order valence-electron chi connectivity index (χ3n) is 2.38. The first-order valence-electron chi connectivity index (χ1n) is 4.87. The van der Waals surface area contributed by atoms with E-state index in [0.717, 1.165) is 11.1 Å². The van der Waals surface area contributed by atoms with Crippen LogP contribution < -0.4 is 0 Å². The second kappa shape index (κ2) is 2.61. The molecule has 1 aliphatic carbocycles. The molecule has 0 spiro atoms. The van der Waals surface area contributed by atoms with E-state index >= 15 is 0 Å². The summed E-state index contributed by atoms with van der Waals surface area (Å²) in [4.78, 5) is 11.0. The van der Waals surface area contributed by atoms with E-state index in [9.17, 15) is 4.79 Å². The van der Waals surface area contributed by atoms with Gasteiger partial charge in [-0.2, -0.15) is 0 Å². The van der Waals surface area contributed by atoms with Gasteiger partial charge in [-0.1, -0.05) is 30.3 Å². The van der Waals surface area contributed by atoms with Gasteiger partial charge in [0.1, 0.15) is 0 Å². The fourth-order valence-electron chi connectivity index (χ4n) is 1.74. The number of fused-ring (bicyclic) bond motifs is 3. The zero-order valence-electron chi connectivity index (χ0n) is 8.27. The third kappa shape index (κ3) is 0.954. The molecule has 3 heteroatoms. The summed E-state index contributed by atoms with van der Waals surface area (Å²) in [5.74, 6) is 0. The maximum atomic E-state index is 11.0. The van der Waals surface area contributed by atoms with E-state index in [1.54, 1.807) is 12.2 Å². The van der Waals surface area contributed by atoms with Crippen molar-refractivity contribution in [1.29, 1.82) is 0 Å². The quantitative estimate of drug-likeness (QED) is 0.587. The largest absolute Gasteiger partial charge is 0.509 e. The molecule has 1 aliphatic heterocycles. The highest BCUT2D eigenvalue weighted by molar-refractivity contribution is 5.67. The van der Waals surface area contributed by atoms with Crippen molar-refractivity contribution in [3.05, 3.63) is 41.5 Å². The molecule has 0 unspecified atom stereocenters. The summed E-state index contributed by atoms with van der Waals surface area (Å²) in [6, 6.07) is 7.51. The van der Waals surface area contributed by atoms with Crippen LogP contribution in [0.5, 0.6) is 0 Å². The predicted octanol–water partition coefficient (Wildman–Crippen LogP) is 2.29. The summed E-state index contributed by atoms with van der Waals surface area (Å²) in [6.07, 6.45) is 0.500. The topological polar surface area (TPSA) is 35.5 Å². The number of hydrogen-bond donors (Lipinski definition) is 0. The first-order chi connectivity index (χ1) is 7.19. The lowest BCUT2D eigenvalue weighted by atomic mass is 9.93. The van der Waals surface area contributed by atoms with Gasteiger partial charge in [-0.3, -0.25) is 0 Å². The van der Waals surface area contributed by atoms with Crippen molar-refractivity contribution in [2.24, 2.45) is 0 Å². The smallest absolute Gasteiger partial charge is 0.422 e. The Morgan fingerprint density at radius 3 is 3.07 bits per heavy atom. The summed E-state index contributed by atoms with van der Waals surface area (Å²) in [6.45, 7) is 0. The van der Waals surface area contributed by atoms with Gasteiger partial charge >= 0.3 is 6.16 Å². The normalized spacial score (nSPS) is 33.9. The average Bonchev–Trinajstić information content (AvgIpc) is 2.53. The molecule has 1 aromatic carbocycles. The third-order valence-corrected chi connectivity index (χ3v) is 2.38. The number of carbonyl (C=O) groups excluding carboxylic acids is 1. The molecule has 2 atom stereocenters. The van der Waals surface area contributed by atoms with Crippen molar-refractivity contribution in [1.82, 2.24) is 0 Å². The molecule has 0 aromatic heterocycles. The van der Waals surface area contributed by atoms with E-state index in [2.05, 4.69) is 0 Å². The fraction of sp³-hybridized carbons (Fsp3) is 0.182. The van der Waals surface area contributed by atoms with Crippen molar-refractivity contribution in [2.75, 3.05) is 0 Å². The van der Waals surface area contributed by atoms with Crippen LogP contribution in [0.15, 0.2) is 30.3 Å². The van der Waals surface area contributed by atoms with Crippen LogP contribution in [-0.4, -0.2) is 12.2 Å². The Morgan fingerprint density at radius 1 is 1.29 bits per heavy atom. The minimum atomic E-state index is -1.40. The SMILES string of the molecule is [2H][C@]12C=Cc3ccccc3[C@H]1OC(=O)O2. The van der Waals surface area contributed by atoms with Crippen molar-refractivity contribution < 1.29 is 15.6 Å². The van der Waals surface area contributed by atoms with Gasteiger partial charge in [0.05, 0.1) is 1.37 Å². The lowest BCUT2D eigenvalue weighted by molar-refractivity contribution is 0.117. The highest BCUT2D eigenvalue weighted by atomic mass is 16.8. The van der Waals surface area contributed by atoms with Crippen LogP contribution in [0, 0.1) is 0 Å². The van der Waals surface area contributed by atoms with Crippen LogP contribution in [0.2, 0.25) is 0 Å². The minimum absolute atomic E-state index is 0.647. The second-order valence-corrected chi connectivity index (χ2v) is 3.21. The lowest BCUT2D eigenvalue weighted by Crippen LogP contribution is -2.16. The lowest BCUT2D eigenvalue weighted by Gasteiger charge is -2.18. The van der Waals surface area contributed by atoms with Crippen molar-refractivity contribution >= 4 is 12.2 Å². The Morgan fingerprint density at radius 2 is 2.14 bits per heavy atom. The first kappa shape index (κ1) is 6.65. The van der Waals surface area contributed by atoms with Crippen LogP contribution in [0.4, 0.5) is 4.79 Å². The molecular weight excluding hydrogens is 180 g/mol. The van der Waals surface area contributed by atoms with Gasteiger partial charge < -0.3 is 9.47 Å². The Kier molecular flexibility index (Phi) is 1.24. The fourth-order valence-corrected chi connectivity index (χ4v) is 1.74. The first-order valence-corrected chi connectivity index (χ1v) is 4.37. The zero-order valence-corrected chi connectivity index (χ0v) is 7.27. The molecule has 0 amide bonds. The van der Waals surface area contributed by atoms with Gasteiger partial charge in [0.2, 0.25) is 0 Å². The Bertz CT molecular complexity index is 469. The molecule has 3 nitrogen and oxygen atoms in total. The number of carbonyl (C=O) groups is 1. The molecule has 2 aliphatic rings. The summed E-state index contributed by atoms with van der Waals surface area (Å²) >= 11 is 0. The monoisotopic (exact) mass is 189 g/mol. The van der Waals surface area contributed by atoms with Crippen LogP contribution >= 0.6 is 0 Å². The van der Waals surface area contributed by atoms with Gasteiger partial charge in [-0.25, -0.2) is 4.79 Å². The van der Waals surface area contributed by atoms with Crippen LogP contribution in [0.25, 0.3) is 6.08 Å². The summed E-state index contributed by atoms with van der Waals surface area (Å²) in [7, 11) is 0. The summed E-state index contributed by atoms with van der Waals surface area (Å²) < 4.78 is 17.8. The van der Waals surface area contributed by atoms with Gasteiger partial charge in [0.25, 0.3) is 0 Å². The summed E-state index contributed by atoms with van der Waals surface area (Å²) in [5.41, 5.74) is 1.78. The molecule has 0 bridgehead atoms. The molecule has 0 N–H and O–H groups in total. The van der Waals surface area contributed by atoms with Crippen molar-refractivity contribution in [3.63, 3.8) is 0 Å². The van der Waals surface area contributed by atoms with Crippen LogP contribution in [0.1, 0.15) is 18.6 Å². The molecule has 1 aromatic rings. The van der Waals surface area contributed by atoms with E-state index in [1.807, 2.05) is 24.3 Å². The van der Waals surface area contributed by atoms with Gasteiger partial charge in [-0.15, -0.1) is 0 Å². The molecular formula is C11H8O3. The van der Waals surface area contributed by atoms with E-state index in [-0.39, 0.29) is 0 Å². The zero-order chi connectivity index (χ0) is 10.5. The number of hydrogen-bond acceptors (Lipinski definition) is 3. The molecule has 14 heavy (non-hydrogen) atoms. The molecule has 1 heterocycles. The van der Waals surface area contributed by atoms with Gasteiger partial charge in [0.15, 0.2) is 12.2 Å². The average molecular weight is 189 g/mol. The molecule has 1 fully saturated rings. The summed E-state index contributed by atoms with van der Waals surface area (Å²) in [5, 5.41) is 0. The van der Waals surface area contributed by atoms with E-state index in [4.69, 9.17) is 10.8 Å². The Balaban J connectivity index is 2.17. The standard InChI is InChI=1S/C11H8O3/c12-11-13-9-6-5-7-3-1-2-4-8(7)10(9)14-11/h1-6,9-10H/t9-,10+/m0/s1/i9D. The predicted molar refractivity (Wildman–Crippen MR) is 49.6 cm³/mol. The van der Waals surface area contributed by atoms with Gasteiger partial charge in [-0.05, 0) is 11.6 Å². The van der Waals surface area contributed by atoms with Crippen LogP contribution in [-0.2, 0) is 9.47 Å². The maximum absolute atomic E-state index is 11.0. The Hall–Kier alpha value is -1.77. The second-order valence-electron chi connectivity index (χ2n) is 3.21. The molecule has 0 saturated carbocycles. The van der Waals surface area contributed by atoms with Gasteiger partial charge in [0, 0.05) is 5.56 Å². The minimum Gasteiger partial charge on any atom is -0.422 e. The number of rotatable bonds is 0. The van der Waals surface area contributed by atoms with Crippen molar-refractivity contribution in [2.45, 2.75) is 12.2 Å². The van der Waals surface area contributed by atoms with E-state index < -0.39 is 18.3 Å². The maximum Gasteiger partial charge on any atom is 0.509 e. The highest BCUT2D eigenvalue weighted by Crippen LogP contribution is 2.36. The highest BCUT2D eigenvalue weighted by Gasteiger charge is 2.38. The van der Waals surface area contributed by atoms with Crippen LogP contribution in [0.3, 0.4) is 0 Å². The molecule has 70 valence electrons. The molecule has 0 radical (unpaired) electrons. The number of ether oxygens (including phenoxy) is 2. The Labute approximate surface area is 82.3 Å².